The summed E-state index contributed by atoms with van der Waals surface area (Å²) < 4.78 is 10.5. The first-order valence-corrected chi connectivity index (χ1v) is 11.0. The van der Waals surface area contributed by atoms with E-state index in [1.807, 2.05) is 0 Å². The summed E-state index contributed by atoms with van der Waals surface area (Å²) in [6.07, 6.45) is 11.8. The van der Waals surface area contributed by atoms with E-state index in [9.17, 15) is 9.59 Å². The molecule has 0 radical (unpaired) electrons. The minimum atomic E-state index is -0.461. The Morgan fingerprint density at radius 3 is 2.70 bits per heavy atom. The van der Waals surface area contributed by atoms with Crippen LogP contribution in [0.5, 0.6) is 0 Å². The highest BCUT2D eigenvalue weighted by Gasteiger charge is 2.22. The van der Waals surface area contributed by atoms with Gasteiger partial charge in [-0.2, -0.15) is 4.98 Å². The van der Waals surface area contributed by atoms with Crippen molar-refractivity contribution in [3.05, 3.63) is 29.9 Å². The smallest absolute Gasteiger partial charge is 0.356 e. The molecule has 0 aliphatic heterocycles. The van der Waals surface area contributed by atoms with Crippen LogP contribution in [-0.2, 0) is 9.53 Å². The molecule has 1 atom stereocenters. The number of rotatable bonds is 10. The number of pyridine rings is 1. The van der Waals surface area contributed by atoms with Crippen LogP contribution in [0.1, 0.15) is 93.9 Å². The third-order valence-electron chi connectivity index (χ3n) is 5.72. The van der Waals surface area contributed by atoms with Gasteiger partial charge < -0.3 is 14.1 Å². The molecule has 2 aromatic heterocycles. The van der Waals surface area contributed by atoms with Gasteiger partial charge in [0.15, 0.2) is 0 Å². The van der Waals surface area contributed by atoms with Gasteiger partial charge in [0.25, 0.3) is 0 Å². The minimum Gasteiger partial charge on any atom is -0.461 e. The number of ether oxygens (including phenoxy) is 1. The fraction of sp³-hybridized carbons (Fsp3) is 0.609. The van der Waals surface area contributed by atoms with E-state index in [-0.39, 0.29) is 17.4 Å². The van der Waals surface area contributed by atoms with Gasteiger partial charge in [-0.05, 0) is 38.3 Å². The highest BCUT2D eigenvalue weighted by atomic mass is 16.5. The normalized spacial score (nSPS) is 15.7. The van der Waals surface area contributed by atoms with E-state index >= 15 is 0 Å². The number of esters is 1. The van der Waals surface area contributed by atoms with E-state index in [0.29, 0.717) is 30.3 Å². The summed E-state index contributed by atoms with van der Waals surface area (Å²) in [4.78, 5) is 32.2. The van der Waals surface area contributed by atoms with Crippen LogP contribution in [0.2, 0.25) is 0 Å². The number of hydrogen-bond acceptors (Lipinski definition) is 7. The first-order chi connectivity index (χ1) is 14.6. The second kappa shape index (κ2) is 11.0. The Morgan fingerprint density at radius 1 is 1.23 bits per heavy atom. The van der Waals surface area contributed by atoms with Crippen LogP contribution in [0.4, 0.5) is 0 Å². The van der Waals surface area contributed by atoms with Crippen molar-refractivity contribution in [1.29, 1.82) is 0 Å². The van der Waals surface area contributed by atoms with Gasteiger partial charge in [-0.3, -0.25) is 0 Å². The number of nitrogens with zero attached hydrogens (tertiary/aromatic N) is 3. The number of hydrogen-bond donors (Lipinski definition) is 0. The molecule has 0 aromatic carbocycles. The molecule has 1 fully saturated rings. The van der Waals surface area contributed by atoms with Gasteiger partial charge in [-0.25, -0.2) is 9.78 Å². The molecule has 2 aromatic rings. The maximum atomic E-state index is 11.8. The van der Waals surface area contributed by atoms with Crippen molar-refractivity contribution in [3.63, 3.8) is 0 Å². The van der Waals surface area contributed by atoms with Crippen molar-refractivity contribution in [2.45, 2.75) is 77.6 Å². The summed E-state index contributed by atoms with van der Waals surface area (Å²) in [5, 5.41) is 4.07. The molecule has 0 bridgehead atoms. The largest absolute Gasteiger partial charge is 0.461 e. The number of aromatic nitrogens is 3. The predicted molar refractivity (Wildman–Crippen MR) is 112 cm³/mol. The van der Waals surface area contributed by atoms with Crippen LogP contribution in [0.15, 0.2) is 22.9 Å². The van der Waals surface area contributed by atoms with E-state index < -0.39 is 5.97 Å². The highest BCUT2D eigenvalue weighted by molar-refractivity contribution is 5.87. The molecule has 0 saturated heterocycles. The molecule has 2 heterocycles. The van der Waals surface area contributed by atoms with Crippen molar-refractivity contribution < 1.29 is 18.8 Å². The molecular formula is C23H31N3O4. The Kier molecular flexibility index (Phi) is 8.11. The van der Waals surface area contributed by atoms with Gasteiger partial charge >= 0.3 is 5.97 Å². The molecule has 1 aliphatic carbocycles. The van der Waals surface area contributed by atoms with Gasteiger partial charge in [0.1, 0.15) is 11.5 Å². The van der Waals surface area contributed by atoms with Crippen LogP contribution in [0.25, 0.3) is 11.4 Å². The van der Waals surface area contributed by atoms with E-state index in [0.717, 1.165) is 18.8 Å². The second-order valence-electron chi connectivity index (χ2n) is 8.15. The van der Waals surface area contributed by atoms with Crippen molar-refractivity contribution in [1.82, 2.24) is 15.1 Å². The quantitative estimate of drug-likeness (QED) is 0.499. The van der Waals surface area contributed by atoms with E-state index in [1.165, 1.54) is 44.7 Å². The fourth-order valence-corrected chi connectivity index (χ4v) is 4.16. The highest BCUT2D eigenvalue weighted by Crippen LogP contribution is 2.31. The third kappa shape index (κ3) is 6.21. The van der Waals surface area contributed by atoms with Gasteiger partial charge in [0.05, 0.1) is 6.61 Å². The monoisotopic (exact) mass is 413 g/mol. The molecule has 0 unspecified atom stereocenters. The zero-order valence-corrected chi connectivity index (χ0v) is 17.9. The number of carbonyl (C=O) groups is 2. The van der Waals surface area contributed by atoms with Crippen molar-refractivity contribution in [2.75, 3.05) is 6.61 Å². The molecular weight excluding hydrogens is 382 g/mol. The van der Waals surface area contributed by atoms with Crippen molar-refractivity contribution in [3.8, 4) is 11.4 Å². The Bertz CT molecular complexity index is 825. The summed E-state index contributed by atoms with van der Waals surface area (Å²) in [7, 11) is 0. The molecule has 162 valence electrons. The zero-order valence-electron chi connectivity index (χ0n) is 17.9. The first kappa shape index (κ1) is 22.1. The number of ketones is 1. The van der Waals surface area contributed by atoms with Crippen molar-refractivity contribution in [2.24, 2.45) is 5.92 Å². The maximum Gasteiger partial charge on any atom is 0.356 e. The third-order valence-corrected chi connectivity index (χ3v) is 5.72. The van der Waals surface area contributed by atoms with E-state index in [2.05, 4.69) is 15.1 Å². The van der Waals surface area contributed by atoms with Gasteiger partial charge in [-0.15, -0.1) is 0 Å². The Labute approximate surface area is 177 Å². The average molecular weight is 414 g/mol. The van der Waals surface area contributed by atoms with Crippen LogP contribution in [0, 0.1) is 5.92 Å². The van der Waals surface area contributed by atoms with Crippen LogP contribution in [-0.4, -0.2) is 33.5 Å². The van der Waals surface area contributed by atoms with Crippen LogP contribution < -0.4 is 0 Å². The lowest BCUT2D eigenvalue weighted by Crippen LogP contribution is -2.09. The summed E-state index contributed by atoms with van der Waals surface area (Å²) in [5.74, 6) is 1.33. The molecule has 1 saturated carbocycles. The summed E-state index contributed by atoms with van der Waals surface area (Å²) in [6, 6.07) is 3.30. The lowest BCUT2D eigenvalue weighted by Gasteiger charge is -2.22. The molecule has 0 N–H and O–H groups in total. The topological polar surface area (TPSA) is 95.2 Å². The lowest BCUT2D eigenvalue weighted by molar-refractivity contribution is -0.117. The number of Topliss-reactive ketones (excluding diaryl/α,β-unsaturated/α-hetero) is 1. The van der Waals surface area contributed by atoms with Crippen LogP contribution >= 0.6 is 0 Å². The first-order valence-electron chi connectivity index (χ1n) is 11.0. The minimum absolute atomic E-state index is 0.0564. The van der Waals surface area contributed by atoms with Crippen LogP contribution in [0.3, 0.4) is 0 Å². The standard InChI is InChI=1S/C23H31N3O4/c1-3-29-23(28)20-13-12-19(15-24-20)21-25-22(30-26-21)18(14-16(2)27)11-7-10-17-8-5-4-6-9-17/h12-13,15,17-18H,3-11,14H2,1-2H3/t18-/m1/s1. The van der Waals surface area contributed by atoms with Gasteiger partial charge in [-0.1, -0.05) is 50.1 Å². The maximum absolute atomic E-state index is 11.8. The van der Waals surface area contributed by atoms with Gasteiger partial charge in [0, 0.05) is 24.1 Å². The molecule has 7 nitrogen and oxygen atoms in total. The SMILES string of the molecule is CCOC(=O)c1ccc(-c2noc([C@H](CCCC3CCCCC3)CC(C)=O)n2)cn1. The van der Waals surface area contributed by atoms with E-state index in [4.69, 9.17) is 9.26 Å². The summed E-state index contributed by atoms with van der Waals surface area (Å²) in [6.45, 7) is 3.65. The Hall–Kier alpha value is -2.57. The molecule has 30 heavy (non-hydrogen) atoms. The summed E-state index contributed by atoms with van der Waals surface area (Å²) in [5.41, 5.74) is 0.892. The second-order valence-corrected chi connectivity index (χ2v) is 8.15. The van der Waals surface area contributed by atoms with Crippen molar-refractivity contribution >= 4 is 11.8 Å². The average Bonchev–Trinajstić information content (AvgIpc) is 3.24. The summed E-state index contributed by atoms with van der Waals surface area (Å²) >= 11 is 0. The van der Waals surface area contributed by atoms with Gasteiger partial charge in [0.2, 0.25) is 11.7 Å². The van der Waals surface area contributed by atoms with E-state index in [1.54, 1.807) is 26.0 Å². The molecule has 0 spiro atoms. The molecule has 7 heteroatoms. The fourth-order valence-electron chi connectivity index (χ4n) is 4.16. The molecule has 3 rings (SSSR count). The Morgan fingerprint density at radius 2 is 2.03 bits per heavy atom. The lowest BCUT2D eigenvalue weighted by atomic mass is 9.84. The Balaban J connectivity index is 1.63. The zero-order chi connectivity index (χ0) is 21.3. The molecule has 1 aliphatic rings. The predicted octanol–water partition coefficient (Wildman–Crippen LogP) is 5.12. The number of carbonyl (C=O) groups excluding carboxylic acids is 2. The molecule has 0 amide bonds.